The molecule has 0 saturated carbocycles. The summed E-state index contributed by atoms with van der Waals surface area (Å²) >= 11 is 0. The van der Waals surface area contributed by atoms with E-state index in [1.807, 2.05) is 78.2 Å². The first kappa shape index (κ1) is 37.3. The molecule has 0 aliphatic carbocycles. The summed E-state index contributed by atoms with van der Waals surface area (Å²) in [5.41, 5.74) is 8.29. The predicted molar refractivity (Wildman–Crippen MR) is 219 cm³/mol. The zero-order valence-electron chi connectivity index (χ0n) is 33.1. The standard InChI is InChI=1S/C46H47N5O7/c1-27(2)51-38-21-43(41(56-4)19-36(38)45(53)50-24-31-13-8-6-11-29(31)17-39(50)46(51)54)58-26-33-15-9-14-32(48-33)25-57-42-20-37-35(18-40(42)55-3)44(52)49-23-30-12-7-5-10-28(30)16-34(49)22-47-37/h5-15,18-21,27,34,39,46-47,54H,16-17,22-26H2,1-4H3/t34-,39-,46?/m0/s1. The number of rotatable bonds is 9. The molecule has 0 radical (unpaired) electrons. The Morgan fingerprint density at radius 3 is 1.91 bits per heavy atom. The summed E-state index contributed by atoms with van der Waals surface area (Å²) in [6.07, 6.45) is 0.409. The fourth-order valence-electron chi connectivity index (χ4n) is 8.85. The molecule has 2 N–H and O–H groups in total. The van der Waals surface area contributed by atoms with Gasteiger partial charge in [0, 0.05) is 37.8 Å². The lowest BCUT2D eigenvalue weighted by molar-refractivity contribution is 0.0292. The van der Waals surface area contributed by atoms with Gasteiger partial charge in [0.05, 0.1) is 60.2 Å². The van der Waals surface area contributed by atoms with Gasteiger partial charge in [0.15, 0.2) is 23.0 Å². The number of ether oxygens (including phenoxy) is 4. The Morgan fingerprint density at radius 2 is 1.28 bits per heavy atom. The van der Waals surface area contributed by atoms with Gasteiger partial charge < -0.3 is 44.1 Å². The maximum atomic E-state index is 14.2. The number of hydrogen-bond acceptors (Lipinski definition) is 10. The number of aromatic nitrogens is 1. The molecule has 9 rings (SSSR count). The minimum Gasteiger partial charge on any atom is -0.493 e. The van der Waals surface area contributed by atoms with Crippen LogP contribution in [0.5, 0.6) is 23.0 Å². The van der Waals surface area contributed by atoms with E-state index in [-0.39, 0.29) is 37.1 Å². The van der Waals surface area contributed by atoms with Crippen molar-refractivity contribution in [2.24, 2.45) is 0 Å². The number of nitrogens with zero attached hydrogens (tertiary/aromatic N) is 4. The maximum absolute atomic E-state index is 14.2. The van der Waals surface area contributed by atoms with E-state index in [2.05, 4.69) is 23.5 Å². The highest BCUT2D eigenvalue weighted by Gasteiger charge is 2.43. The molecule has 2 amide bonds. The minimum absolute atomic E-state index is 0.0358. The number of aliphatic hydroxyl groups is 1. The molecule has 3 atom stereocenters. The zero-order chi connectivity index (χ0) is 40.1. The van der Waals surface area contributed by atoms with Crippen LogP contribution in [0.15, 0.2) is 91.0 Å². The van der Waals surface area contributed by atoms with Crippen LogP contribution in [0, 0.1) is 0 Å². The smallest absolute Gasteiger partial charge is 0.256 e. The van der Waals surface area contributed by atoms with Crippen LogP contribution >= 0.6 is 0 Å². The van der Waals surface area contributed by atoms with Crippen molar-refractivity contribution in [2.45, 2.75) is 77.3 Å². The molecule has 1 aromatic heterocycles. The van der Waals surface area contributed by atoms with Gasteiger partial charge in [-0.2, -0.15) is 0 Å². The molecule has 1 unspecified atom stereocenters. The number of hydrogen-bond donors (Lipinski definition) is 2. The summed E-state index contributed by atoms with van der Waals surface area (Å²) in [5.74, 6) is 1.59. The predicted octanol–water partition coefficient (Wildman–Crippen LogP) is 6.36. The van der Waals surface area contributed by atoms with E-state index in [0.29, 0.717) is 82.9 Å². The second-order valence-electron chi connectivity index (χ2n) is 15.6. The molecule has 12 nitrogen and oxygen atoms in total. The average molecular weight is 782 g/mol. The summed E-state index contributed by atoms with van der Waals surface area (Å²) in [6, 6.07) is 28.6. The minimum atomic E-state index is -0.938. The van der Waals surface area contributed by atoms with Gasteiger partial charge in [-0.05, 0) is 73.2 Å². The molecule has 58 heavy (non-hydrogen) atoms. The van der Waals surface area contributed by atoms with Crippen molar-refractivity contribution in [1.29, 1.82) is 0 Å². The monoisotopic (exact) mass is 781 g/mol. The van der Waals surface area contributed by atoms with Crippen LogP contribution in [0.25, 0.3) is 0 Å². The van der Waals surface area contributed by atoms with E-state index >= 15 is 0 Å². The van der Waals surface area contributed by atoms with Crippen LogP contribution in [0.1, 0.15) is 68.2 Å². The molecule has 4 aromatic carbocycles. The second kappa shape index (κ2) is 15.2. The number of amides is 2. The van der Waals surface area contributed by atoms with Crippen molar-refractivity contribution in [3.63, 3.8) is 0 Å². The molecule has 4 aliphatic heterocycles. The lowest BCUT2D eigenvalue weighted by Crippen LogP contribution is -2.55. The van der Waals surface area contributed by atoms with Gasteiger partial charge in [0.1, 0.15) is 19.4 Å². The number of anilines is 2. The molecule has 5 heterocycles. The summed E-state index contributed by atoms with van der Waals surface area (Å²) < 4.78 is 24.1. The van der Waals surface area contributed by atoms with E-state index in [1.165, 1.54) is 11.1 Å². The van der Waals surface area contributed by atoms with Crippen LogP contribution < -0.4 is 29.2 Å². The Kier molecular flexibility index (Phi) is 9.81. The third-order valence-corrected chi connectivity index (χ3v) is 11.8. The van der Waals surface area contributed by atoms with Gasteiger partial charge in [0.25, 0.3) is 11.8 Å². The zero-order valence-corrected chi connectivity index (χ0v) is 33.1. The van der Waals surface area contributed by atoms with Crippen molar-refractivity contribution >= 4 is 23.2 Å². The van der Waals surface area contributed by atoms with Crippen molar-refractivity contribution < 1.29 is 33.6 Å². The molecule has 0 spiro atoms. The number of aliphatic hydroxyl groups excluding tert-OH is 1. The number of benzene rings is 4. The molecule has 298 valence electrons. The first-order chi connectivity index (χ1) is 28.2. The maximum Gasteiger partial charge on any atom is 0.256 e. The van der Waals surface area contributed by atoms with E-state index in [1.54, 1.807) is 37.3 Å². The van der Waals surface area contributed by atoms with E-state index in [0.717, 1.165) is 17.5 Å². The van der Waals surface area contributed by atoms with Gasteiger partial charge >= 0.3 is 0 Å². The summed E-state index contributed by atoms with van der Waals surface area (Å²) in [7, 11) is 3.11. The Balaban J connectivity index is 0.919. The Labute approximate surface area is 337 Å². The van der Waals surface area contributed by atoms with Crippen molar-refractivity contribution in [3.05, 3.63) is 136 Å². The molecule has 12 heteroatoms. The summed E-state index contributed by atoms with van der Waals surface area (Å²) in [5, 5.41) is 15.4. The fourth-order valence-corrected chi connectivity index (χ4v) is 8.85. The normalized spacial score (nSPS) is 19.3. The summed E-state index contributed by atoms with van der Waals surface area (Å²) in [4.78, 5) is 38.5. The first-order valence-electron chi connectivity index (χ1n) is 19.8. The SMILES string of the molecule is COc1cc2c(cc1OCc1cccc(COc3cc4c(cc3OC)C(=O)N3Cc5ccccc5C[C@H]3C(O)N4C(C)C)n1)NC[C@@H]1Cc3ccccc3CN1C2=O. The average Bonchev–Trinajstić information content (AvgIpc) is 3.42. The highest BCUT2D eigenvalue weighted by atomic mass is 16.5. The first-order valence-corrected chi connectivity index (χ1v) is 19.8. The van der Waals surface area contributed by atoms with Crippen molar-refractivity contribution in [2.75, 3.05) is 31.0 Å². The molecular weight excluding hydrogens is 735 g/mol. The molecule has 0 saturated heterocycles. The third kappa shape index (κ3) is 6.70. The third-order valence-electron chi connectivity index (χ3n) is 11.8. The molecule has 0 bridgehead atoms. The van der Waals surface area contributed by atoms with Crippen LogP contribution in [0.3, 0.4) is 0 Å². The van der Waals surface area contributed by atoms with Crippen LogP contribution in [0.4, 0.5) is 11.4 Å². The quantitative estimate of drug-likeness (QED) is 0.175. The van der Waals surface area contributed by atoms with Crippen LogP contribution in [0.2, 0.25) is 0 Å². The topological polar surface area (TPSA) is 126 Å². The Hall–Kier alpha value is -6.27. The number of carbonyl (C=O) groups excluding carboxylic acids is 2. The van der Waals surface area contributed by atoms with Gasteiger partial charge in [-0.1, -0.05) is 54.6 Å². The number of carbonyl (C=O) groups is 2. The largest absolute Gasteiger partial charge is 0.493 e. The Morgan fingerprint density at radius 1 is 0.707 bits per heavy atom. The number of methoxy groups -OCH3 is 2. The Bertz CT molecular complexity index is 2400. The van der Waals surface area contributed by atoms with Gasteiger partial charge in [0.2, 0.25) is 0 Å². The summed E-state index contributed by atoms with van der Waals surface area (Å²) in [6.45, 7) is 5.88. The van der Waals surface area contributed by atoms with Gasteiger partial charge in [-0.25, -0.2) is 0 Å². The molecule has 4 aliphatic rings. The second-order valence-corrected chi connectivity index (χ2v) is 15.6. The molecule has 0 fully saturated rings. The van der Waals surface area contributed by atoms with E-state index in [9.17, 15) is 14.7 Å². The lowest BCUT2D eigenvalue weighted by Gasteiger charge is -2.42. The highest BCUT2D eigenvalue weighted by molar-refractivity contribution is 6.02. The van der Waals surface area contributed by atoms with Crippen LogP contribution in [-0.2, 0) is 39.1 Å². The molecular formula is C46H47N5O7. The van der Waals surface area contributed by atoms with Crippen LogP contribution in [-0.4, -0.2) is 76.8 Å². The molecule has 5 aromatic rings. The number of fused-ring (bicyclic) bond motifs is 6. The number of nitrogens with one attached hydrogen (secondary N) is 1. The van der Waals surface area contributed by atoms with E-state index < -0.39 is 12.3 Å². The van der Waals surface area contributed by atoms with Gasteiger partial charge in [-0.15, -0.1) is 0 Å². The highest BCUT2D eigenvalue weighted by Crippen LogP contribution is 2.43. The van der Waals surface area contributed by atoms with Gasteiger partial charge in [-0.3, -0.25) is 14.6 Å². The van der Waals surface area contributed by atoms with Crippen molar-refractivity contribution in [3.8, 4) is 23.0 Å². The lowest BCUT2D eigenvalue weighted by atomic mass is 9.92. The fraction of sp³-hybridized carbons (Fsp3) is 0.326. The number of pyridine rings is 1. The van der Waals surface area contributed by atoms with E-state index in [4.69, 9.17) is 23.9 Å². The van der Waals surface area contributed by atoms with Crippen molar-refractivity contribution in [1.82, 2.24) is 14.8 Å².